The summed E-state index contributed by atoms with van der Waals surface area (Å²) >= 11 is 0. The van der Waals surface area contributed by atoms with Gasteiger partial charge in [0.2, 0.25) is 0 Å². The molecule has 3 aromatic heterocycles. The number of ether oxygens (including phenoxy) is 1. The Labute approximate surface area is 224 Å². The van der Waals surface area contributed by atoms with Gasteiger partial charge in [0.05, 0.1) is 11.0 Å². The standard InChI is InChI=1S/C31H22BN5O/c1-21-7-6-15-32-35-18-17-34-31(35)26-19-22(12-14-28(26)37(21)32)38-23-11-13-25-24-8-2-3-9-27(24)36(29(25)20-23)30-10-4-5-16-33-30/h2-20H,1H3/i1D3. The van der Waals surface area contributed by atoms with E-state index in [1.165, 1.54) is 0 Å². The molecule has 0 unspecified atom stereocenters. The minimum atomic E-state index is -2.27. The summed E-state index contributed by atoms with van der Waals surface area (Å²) in [6.07, 6.45) is 8.87. The number of hydrogen-bond donors (Lipinski definition) is 0. The van der Waals surface area contributed by atoms with Crippen LogP contribution < -0.4 is 9.55 Å². The average molecular weight is 494 g/mol. The highest BCUT2D eigenvalue weighted by Gasteiger charge is 2.36. The summed E-state index contributed by atoms with van der Waals surface area (Å²) in [6, 6.07) is 26.0. The molecule has 0 spiro atoms. The molecule has 0 amide bonds. The molecule has 6 nitrogen and oxygen atoms in total. The van der Waals surface area contributed by atoms with Crippen molar-refractivity contribution in [2.75, 3.05) is 4.81 Å². The molecule has 0 atom stereocenters. The maximum Gasteiger partial charge on any atom is 0.413 e. The highest BCUT2D eigenvalue weighted by molar-refractivity contribution is 6.69. The van der Waals surface area contributed by atoms with Crippen molar-refractivity contribution in [1.82, 2.24) is 19.0 Å². The zero-order valence-electron chi connectivity index (χ0n) is 23.2. The summed E-state index contributed by atoms with van der Waals surface area (Å²) in [6.45, 7) is -2.57. The van der Waals surface area contributed by atoms with Gasteiger partial charge in [-0.15, -0.1) is 0 Å². The molecule has 6 aromatic rings. The minimum absolute atomic E-state index is 0.270. The van der Waals surface area contributed by atoms with Gasteiger partial charge in [-0.1, -0.05) is 36.3 Å². The number of hydrogen-bond acceptors (Lipinski definition) is 4. The molecule has 0 N–H and O–H groups in total. The van der Waals surface area contributed by atoms with Gasteiger partial charge in [-0.3, -0.25) is 4.57 Å². The molecular weight excluding hydrogens is 469 g/mol. The van der Waals surface area contributed by atoms with Gasteiger partial charge in [0.15, 0.2) is 0 Å². The summed E-state index contributed by atoms with van der Waals surface area (Å²) in [5.74, 6) is 4.87. The van der Waals surface area contributed by atoms with E-state index in [1.807, 2.05) is 82.1 Å². The molecule has 3 aromatic carbocycles. The van der Waals surface area contributed by atoms with E-state index in [2.05, 4.69) is 32.7 Å². The van der Waals surface area contributed by atoms with Crippen molar-refractivity contribution in [2.24, 2.45) is 0 Å². The lowest BCUT2D eigenvalue weighted by molar-refractivity contribution is 0.483. The van der Waals surface area contributed by atoms with Crippen molar-refractivity contribution in [3.05, 3.63) is 121 Å². The molecule has 38 heavy (non-hydrogen) atoms. The van der Waals surface area contributed by atoms with Crippen LogP contribution >= 0.6 is 0 Å². The maximum atomic E-state index is 8.15. The third kappa shape index (κ3) is 3.02. The van der Waals surface area contributed by atoms with Crippen LogP contribution in [0.2, 0.25) is 0 Å². The Bertz CT molecular complexity index is 2040. The Morgan fingerprint density at radius 3 is 2.63 bits per heavy atom. The fraction of sp³-hybridized carbons (Fsp3) is 0.0323. The normalized spacial score (nSPS) is 15.4. The maximum absolute atomic E-state index is 8.15. The SMILES string of the molecule is [2H]C([2H])([2H])C1=CC=CB2N1c1ccc(Oc3ccc4c5ccccc5n(-c5ccccn5)c4c3)cc1-c1nccn12. The molecule has 0 aliphatic carbocycles. The first kappa shape index (κ1) is 18.2. The largest absolute Gasteiger partial charge is 0.457 e. The second-order valence-corrected chi connectivity index (χ2v) is 9.38. The van der Waals surface area contributed by atoms with E-state index in [0.29, 0.717) is 11.5 Å². The fourth-order valence-electron chi connectivity index (χ4n) is 5.63. The number of pyridine rings is 1. The Kier molecular flexibility index (Phi) is 3.83. The van der Waals surface area contributed by atoms with Crippen LogP contribution in [0.4, 0.5) is 5.69 Å². The summed E-state index contributed by atoms with van der Waals surface area (Å²) < 4.78 is 35.0. The van der Waals surface area contributed by atoms with E-state index in [0.717, 1.165) is 44.7 Å². The van der Waals surface area contributed by atoms with E-state index >= 15 is 0 Å². The minimum Gasteiger partial charge on any atom is -0.457 e. The van der Waals surface area contributed by atoms with Gasteiger partial charge in [-0.2, -0.15) is 0 Å². The molecule has 2 aliphatic rings. The lowest BCUT2D eigenvalue weighted by atomic mass is 9.68. The number of anilines is 1. The summed E-state index contributed by atoms with van der Waals surface area (Å²) in [4.78, 5) is 11.1. The van der Waals surface area contributed by atoms with Crippen molar-refractivity contribution >= 4 is 34.5 Å². The fourth-order valence-corrected chi connectivity index (χ4v) is 5.63. The third-order valence-corrected chi connectivity index (χ3v) is 7.24. The molecule has 0 saturated heterocycles. The van der Waals surface area contributed by atoms with Crippen LogP contribution in [-0.4, -0.2) is 26.0 Å². The van der Waals surface area contributed by atoms with Crippen LogP contribution in [0.15, 0.2) is 121 Å². The van der Waals surface area contributed by atoms with Gasteiger partial charge in [0.1, 0.15) is 23.1 Å². The molecule has 0 bridgehead atoms. The smallest absolute Gasteiger partial charge is 0.413 e. The number of nitrogens with zero attached hydrogens (tertiary/aromatic N) is 5. The molecule has 180 valence electrons. The predicted molar refractivity (Wildman–Crippen MR) is 153 cm³/mol. The van der Waals surface area contributed by atoms with E-state index in [-0.39, 0.29) is 12.7 Å². The third-order valence-electron chi connectivity index (χ3n) is 7.24. The van der Waals surface area contributed by atoms with Gasteiger partial charge in [-0.05, 0) is 61.5 Å². The molecule has 8 rings (SSSR count). The first-order valence-electron chi connectivity index (χ1n) is 14.0. The molecular formula is C31H22BN5O. The summed E-state index contributed by atoms with van der Waals surface area (Å²) in [7, 11) is 0. The Balaban J connectivity index is 1.23. The van der Waals surface area contributed by atoms with Crippen LogP contribution in [-0.2, 0) is 0 Å². The summed E-state index contributed by atoms with van der Waals surface area (Å²) in [5.41, 5.74) is 3.91. The number of imidazole rings is 1. The van der Waals surface area contributed by atoms with Crippen LogP contribution in [0.1, 0.15) is 11.0 Å². The molecule has 2 aliphatic heterocycles. The monoisotopic (exact) mass is 494 g/mol. The number of benzene rings is 3. The predicted octanol–water partition coefficient (Wildman–Crippen LogP) is 7.00. The molecule has 0 saturated carbocycles. The van der Waals surface area contributed by atoms with Gasteiger partial charge >= 0.3 is 6.98 Å². The molecule has 0 radical (unpaired) electrons. The van der Waals surface area contributed by atoms with Crippen LogP contribution in [0.25, 0.3) is 39.0 Å². The lowest BCUT2D eigenvalue weighted by Gasteiger charge is -2.38. The highest BCUT2D eigenvalue weighted by atomic mass is 16.5. The van der Waals surface area contributed by atoms with Crippen molar-refractivity contribution in [2.45, 2.75) is 6.85 Å². The topological polar surface area (TPSA) is 48.1 Å². The average Bonchev–Trinajstić information content (AvgIpc) is 3.60. The van der Waals surface area contributed by atoms with E-state index in [4.69, 9.17) is 8.85 Å². The van der Waals surface area contributed by atoms with Crippen molar-refractivity contribution in [3.8, 4) is 28.7 Å². The van der Waals surface area contributed by atoms with E-state index < -0.39 is 6.85 Å². The second-order valence-electron chi connectivity index (χ2n) is 9.38. The van der Waals surface area contributed by atoms with Crippen LogP contribution in [0.3, 0.4) is 0 Å². The van der Waals surface area contributed by atoms with E-state index in [9.17, 15) is 0 Å². The van der Waals surface area contributed by atoms with Gasteiger partial charge in [0, 0.05) is 56.5 Å². The number of aromatic nitrogens is 4. The number of fused-ring (bicyclic) bond motifs is 9. The number of allylic oxidation sites excluding steroid dienone is 3. The number of rotatable bonds is 3. The number of para-hydroxylation sites is 1. The zero-order valence-corrected chi connectivity index (χ0v) is 20.2. The Hall–Kier alpha value is -5.04. The van der Waals surface area contributed by atoms with Gasteiger partial charge < -0.3 is 14.0 Å². The first-order chi connectivity index (χ1) is 20.0. The highest BCUT2D eigenvalue weighted by Crippen LogP contribution is 2.42. The van der Waals surface area contributed by atoms with Crippen LogP contribution in [0.5, 0.6) is 11.5 Å². The Morgan fingerprint density at radius 2 is 1.71 bits per heavy atom. The van der Waals surface area contributed by atoms with Crippen molar-refractivity contribution in [1.29, 1.82) is 0 Å². The second kappa shape index (κ2) is 7.98. The first-order valence-corrected chi connectivity index (χ1v) is 12.5. The van der Waals surface area contributed by atoms with Gasteiger partial charge in [-0.25, -0.2) is 9.97 Å². The lowest BCUT2D eigenvalue weighted by Crippen LogP contribution is -2.47. The quantitative estimate of drug-likeness (QED) is 0.249. The molecule has 0 fully saturated rings. The van der Waals surface area contributed by atoms with Crippen molar-refractivity contribution in [3.63, 3.8) is 0 Å². The zero-order chi connectivity index (χ0) is 27.7. The van der Waals surface area contributed by atoms with Crippen LogP contribution in [0, 0.1) is 0 Å². The molecule has 5 heterocycles. The van der Waals surface area contributed by atoms with E-state index in [1.54, 1.807) is 24.5 Å². The molecule has 7 heteroatoms. The van der Waals surface area contributed by atoms with Crippen molar-refractivity contribution < 1.29 is 8.85 Å². The summed E-state index contributed by atoms with van der Waals surface area (Å²) in [5, 5.41) is 2.25. The Morgan fingerprint density at radius 1 is 0.842 bits per heavy atom. The van der Waals surface area contributed by atoms with Gasteiger partial charge in [0.25, 0.3) is 0 Å².